The van der Waals surface area contributed by atoms with Crippen LogP contribution in [0.15, 0.2) is 30.5 Å². The number of rotatable bonds is 21. The molecule has 0 aliphatic carbocycles. The first-order valence-electron chi connectivity index (χ1n) is 13.3. The molecule has 0 amide bonds. The molecule has 0 nitrogen and oxygen atoms in total. The molecule has 0 heteroatoms. The fourth-order valence-corrected chi connectivity index (χ4v) is 3.37. The highest BCUT2D eigenvalue weighted by molar-refractivity contribution is 4.84. The Labute approximate surface area is 186 Å². The molecule has 0 rings (SSSR count). The molecule has 0 aromatic heterocycles. The summed E-state index contributed by atoms with van der Waals surface area (Å²) in [4.78, 5) is 0. The van der Waals surface area contributed by atoms with Crippen LogP contribution in [0.3, 0.4) is 0 Å². The van der Waals surface area contributed by atoms with Crippen LogP contribution < -0.4 is 0 Å². The third-order valence-corrected chi connectivity index (χ3v) is 5.40. The quantitative estimate of drug-likeness (QED) is 0.101. The molecule has 0 saturated carbocycles. The zero-order valence-electron chi connectivity index (χ0n) is 20.8. The Bertz CT molecular complexity index is 312. The monoisotopic (exact) mass is 404 g/mol. The maximum absolute atomic E-state index is 3.69. The van der Waals surface area contributed by atoms with E-state index in [0.29, 0.717) is 0 Å². The van der Waals surface area contributed by atoms with Gasteiger partial charge in [-0.15, -0.1) is 12.3 Å². The summed E-state index contributed by atoms with van der Waals surface area (Å²) >= 11 is 0. The third-order valence-electron chi connectivity index (χ3n) is 5.40. The highest BCUT2D eigenvalue weighted by atomic mass is 14.0. The van der Waals surface area contributed by atoms with Gasteiger partial charge in [-0.05, 0) is 50.7 Å². The number of allylic oxidation sites excluding steroid dienone is 2. The summed E-state index contributed by atoms with van der Waals surface area (Å²) in [6.07, 6.45) is 35.2. The minimum atomic E-state index is 1.20. The summed E-state index contributed by atoms with van der Waals surface area (Å²) in [6, 6.07) is 0. The Hall–Kier alpha value is -0.740. The van der Waals surface area contributed by atoms with Crippen LogP contribution in [0, 0.1) is 0 Å². The van der Waals surface area contributed by atoms with Gasteiger partial charge in [0.1, 0.15) is 0 Å². The van der Waals surface area contributed by atoms with Crippen LogP contribution in [0.1, 0.15) is 156 Å². The molecule has 0 aliphatic heterocycles. The van der Waals surface area contributed by atoms with Crippen LogP contribution >= 0.6 is 0 Å². The molecular weight excluding hydrogens is 348 g/mol. The van der Waals surface area contributed by atoms with Gasteiger partial charge < -0.3 is 0 Å². The lowest BCUT2D eigenvalue weighted by atomic mass is 10.1. The van der Waals surface area contributed by atoms with E-state index < -0.39 is 0 Å². The molecule has 0 spiro atoms. The van der Waals surface area contributed by atoms with E-state index in [9.17, 15) is 0 Å². The summed E-state index contributed by atoms with van der Waals surface area (Å²) in [5.41, 5.74) is 3.34. The lowest BCUT2D eigenvalue weighted by Gasteiger charge is -1.97. The van der Waals surface area contributed by atoms with E-state index in [1.807, 2.05) is 6.08 Å². The molecule has 172 valence electrons. The van der Waals surface area contributed by atoms with Gasteiger partial charge in [-0.25, -0.2) is 0 Å². The topological polar surface area (TPSA) is 0 Å². The fraction of sp³-hybridized carbons (Fsp3) is 0.828. The van der Waals surface area contributed by atoms with E-state index in [0.717, 1.165) is 0 Å². The summed E-state index contributed by atoms with van der Waals surface area (Å²) in [6.45, 7) is 10.5. The minimum Gasteiger partial charge on any atom is -0.130 e. The molecule has 0 heterocycles. The standard InChI is InChI=1S/C19H36.C10H20/c1-3-5-7-9-11-13-15-17-19-18-16-14-12-10-8-6-4-2;1-3-5-7-9-10-8-6-4-2/h17-18H,3-16H2,1-2H3;3H,1,4-10H2,2H3. The van der Waals surface area contributed by atoms with Crippen molar-refractivity contribution < 1.29 is 0 Å². The van der Waals surface area contributed by atoms with Crippen molar-refractivity contribution in [1.29, 1.82) is 0 Å². The number of unbranched alkanes of at least 4 members (excludes halogenated alkanes) is 18. The van der Waals surface area contributed by atoms with Gasteiger partial charge in [0.2, 0.25) is 0 Å². The van der Waals surface area contributed by atoms with Crippen molar-refractivity contribution in [3.05, 3.63) is 30.5 Å². The summed E-state index contributed by atoms with van der Waals surface area (Å²) < 4.78 is 0. The molecule has 0 bridgehead atoms. The van der Waals surface area contributed by atoms with Crippen LogP contribution in [0.25, 0.3) is 0 Å². The van der Waals surface area contributed by atoms with Crippen LogP contribution in [-0.2, 0) is 0 Å². The Morgan fingerprint density at radius 1 is 0.448 bits per heavy atom. The molecule has 0 fully saturated rings. The largest absolute Gasteiger partial charge is 0.130 e. The molecule has 0 saturated heterocycles. The zero-order chi connectivity index (χ0) is 21.7. The molecular formula is C29H56. The highest BCUT2D eigenvalue weighted by Crippen LogP contribution is 2.08. The Kier molecular flexibility index (Phi) is 33.5. The number of hydrogen-bond acceptors (Lipinski definition) is 0. The van der Waals surface area contributed by atoms with Crippen molar-refractivity contribution in [3.63, 3.8) is 0 Å². The van der Waals surface area contributed by atoms with Gasteiger partial charge in [0, 0.05) is 0 Å². The summed E-state index contributed by atoms with van der Waals surface area (Å²) in [5.74, 6) is 0. The van der Waals surface area contributed by atoms with Crippen molar-refractivity contribution in [2.24, 2.45) is 0 Å². The predicted octanol–water partition coefficient (Wildman–Crippen LogP) is 11.1. The van der Waals surface area contributed by atoms with Gasteiger partial charge in [-0.1, -0.05) is 123 Å². The maximum atomic E-state index is 3.69. The normalized spacial score (nSPS) is 10.0. The third kappa shape index (κ3) is 35.1. The predicted molar refractivity (Wildman–Crippen MR) is 137 cm³/mol. The van der Waals surface area contributed by atoms with E-state index in [1.165, 1.54) is 135 Å². The highest BCUT2D eigenvalue weighted by Gasteiger charge is 1.89. The van der Waals surface area contributed by atoms with Gasteiger partial charge in [0.25, 0.3) is 0 Å². The van der Waals surface area contributed by atoms with Gasteiger partial charge in [0.15, 0.2) is 0 Å². The first kappa shape index (κ1) is 30.5. The second-order valence-electron chi connectivity index (χ2n) is 8.53. The van der Waals surface area contributed by atoms with Gasteiger partial charge >= 0.3 is 0 Å². The van der Waals surface area contributed by atoms with Crippen LogP contribution in [0.4, 0.5) is 0 Å². The van der Waals surface area contributed by atoms with Gasteiger partial charge in [-0.3, -0.25) is 0 Å². The molecule has 29 heavy (non-hydrogen) atoms. The molecule has 0 radical (unpaired) electrons. The van der Waals surface area contributed by atoms with Crippen molar-refractivity contribution >= 4 is 0 Å². The smallest absolute Gasteiger partial charge is 0.0274 e. The van der Waals surface area contributed by atoms with E-state index in [-0.39, 0.29) is 0 Å². The van der Waals surface area contributed by atoms with Crippen molar-refractivity contribution in [2.75, 3.05) is 0 Å². The fourth-order valence-electron chi connectivity index (χ4n) is 3.37. The molecule has 0 N–H and O–H groups in total. The van der Waals surface area contributed by atoms with Crippen molar-refractivity contribution in [1.82, 2.24) is 0 Å². The van der Waals surface area contributed by atoms with E-state index in [2.05, 4.69) is 45.2 Å². The molecule has 0 aromatic carbocycles. The molecule has 0 aliphatic rings. The Morgan fingerprint density at radius 2 is 0.759 bits per heavy atom. The lowest BCUT2D eigenvalue weighted by Crippen LogP contribution is -1.77. The average Bonchev–Trinajstić information content (AvgIpc) is 2.74. The Morgan fingerprint density at radius 3 is 1.10 bits per heavy atom. The maximum Gasteiger partial charge on any atom is -0.0274 e. The van der Waals surface area contributed by atoms with E-state index >= 15 is 0 Å². The SMILES string of the molecule is C=CCCCCCCCC.CCCCCCCCC=C=CCCCCCCCC. The minimum absolute atomic E-state index is 1.20. The van der Waals surface area contributed by atoms with Crippen LogP contribution in [-0.4, -0.2) is 0 Å². The first-order valence-corrected chi connectivity index (χ1v) is 13.3. The number of hydrogen-bond donors (Lipinski definition) is 0. The van der Waals surface area contributed by atoms with Crippen molar-refractivity contribution in [3.8, 4) is 0 Å². The first-order chi connectivity index (χ1) is 14.3. The Balaban J connectivity index is 0. The van der Waals surface area contributed by atoms with E-state index in [1.54, 1.807) is 0 Å². The molecule has 0 atom stereocenters. The van der Waals surface area contributed by atoms with Gasteiger partial charge in [-0.2, -0.15) is 0 Å². The zero-order valence-corrected chi connectivity index (χ0v) is 20.8. The van der Waals surface area contributed by atoms with Crippen molar-refractivity contribution in [2.45, 2.75) is 156 Å². The lowest BCUT2D eigenvalue weighted by molar-refractivity contribution is 0.610. The summed E-state index contributed by atoms with van der Waals surface area (Å²) in [7, 11) is 0. The molecule has 0 unspecified atom stereocenters. The summed E-state index contributed by atoms with van der Waals surface area (Å²) in [5, 5.41) is 0. The van der Waals surface area contributed by atoms with Gasteiger partial charge in [0.05, 0.1) is 0 Å². The van der Waals surface area contributed by atoms with Crippen LogP contribution in [0.5, 0.6) is 0 Å². The van der Waals surface area contributed by atoms with Crippen LogP contribution in [0.2, 0.25) is 0 Å². The second kappa shape index (κ2) is 31.9. The molecule has 0 aromatic rings. The van der Waals surface area contributed by atoms with E-state index in [4.69, 9.17) is 0 Å². The average molecular weight is 405 g/mol. The second-order valence-corrected chi connectivity index (χ2v) is 8.53.